The summed E-state index contributed by atoms with van der Waals surface area (Å²) >= 11 is 0. The second-order valence-electron chi connectivity index (χ2n) is 12.7. The third-order valence-electron chi connectivity index (χ3n) is 10.2. The first-order valence-corrected chi connectivity index (χ1v) is 15.8. The van der Waals surface area contributed by atoms with Gasteiger partial charge in [0.15, 0.2) is 11.6 Å². The van der Waals surface area contributed by atoms with Crippen molar-refractivity contribution in [3.05, 3.63) is 78.3 Å². The number of esters is 2. The number of fused-ring (bicyclic) bond motifs is 8. The summed E-state index contributed by atoms with van der Waals surface area (Å²) in [6.07, 6.45) is 7.09. The van der Waals surface area contributed by atoms with Crippen LogP contribution in [0.1, 0.15) is 102 Å². The van der Waals surface area contributed by atoms with Crippen LogP contribution in [0.15, 0.2) is 22.7 Å². The van der Waals surface area contributed by atoms with E-state index in [-0.39, 0.29) is 70.5 Å². The second kappa shape index (κ2) is 13.0. The van der Waals surface area contributed by atoms with Crippen molar-refractivity contribution in [3.63, 3.8) is 0 Å². The number of rotatable bonds is 6. The zero-order chi connectivity index (χ0) is 33.2. The third-order valence-corrected chi connectivity index (χ3v) is 10.2. The van der Waals surface area contributed by atoms with Crippen LogP contribution in [0.3, 0.4) is 0 Å². The maximum atomic E-state index is 14.0. The molecule has 0 amide bonds. The zero-order valence-corrected chi connectivity index (χ0v) is 29.6. The molecule has 3 aliphatic heterocycles. The molecule has 5 heterocycles. The Balaban J connectivity index is 0.00000433. The van der Waals surface area contributed by atoms with Crippen LogP contribution >= 0.6 is 0 Å². The molecule has 0 aromatic carbocycles. The van der Waals surface area contributed by atoms with Crippen molar-refractivity contribution in [2.45, 2.75) is 66.8 Å². The van der Waals surface area contributed by atoms with Crippen LogP contribution in [-0.2, 0) is 19.1 Å². The molecule has 2 aromatic rings. The maximum Gasteiger partial charge on any atom is 2.00 e. The first kappa shape index (κ1) is 34.5. The van der Waals surface area contributed by atoms with E-state index >= 15 is 0 Å². The second-order valence-corrected chi connectivity index (χ2v) is 12.7. The van der Waals surface area contributed by atoms with E-state index in [0.29, 0.717) is 57.2 Å². The SMILES string of the molecule is CC[C@H]1/C2=C/c3[n-]c4c(c3C)C(=O)C(C(=O)OC)=C4C3[N-]/C(=C\c4[n-]c(c(C(C)=O)c4C)/C=C(\[N-]2)[C@@H]1C)[C@@H](C)[C@@H]3CCC(=O)OC.[Mg+2]. The van der Waals surface area contributed by atoms with Gasteiger partial charge in [0.1, 0.15) is 5.57 Å². The molecule has 1 aliphatic carbocycles. The van der Waals surface area contributed by atoms with Crippen molar-refractivity contribution in [3.8, 4) is 0 Å². The van der Waals surface area contributed by atoms with Crippen LogP contribution in [0.5, 0.6) is 0 Å². The van der Waals surface area contributed by atoms with Gasteiger partial charge in [-0.05, 0) is 50.9 Å². The van der Waals surface area contributed by atoms with E-state index in [4.69, 9.17) is 30.1 Å². The predicted octanol–water partition coefficient (Wildman–Crippen LogP) is 5.91. The third kappa shape index (κ3) is 5.50. The van der Waals surface area contributed by atoms with Crippen LogP contribution in [0.4, 0.5) is 0 Å². The smallest absolute Gasteiger partial charge is 0.681 e. The minimum Gasteiger partial charge on any atom is -0.681 e. The first-order valence-electron chi connectivity index (χ1n) is 15.8. The minimum atomic E-state index is -0.747. The maximum absolute atomic E-state index is 14.0. The van der Waals surface area contributed by atoms with Crippen LogP contribution < -0.4 is 9.97 Å². The molecule has 0 radical (unpaired) electrons. The van der Waals surface area contributed by atoms with Gasteiger partial charge in [-0.3, -0.25) is 14.4 Å². The van der Waals surface area contributed by atoms with E-state index < -0.39 is 17.8 Å². The molecule has 0 spiro atoms. The van der Waals surface area contributed by atoms with Crippen LogP contribution in [-0.4, -0.2) is 66.8 Å². The van der Waals surface area contributed by atoms with E-state index in [1.54, 1.807) is 6.92 Å². The molecule has 2 fully saturated rings. The number of ketones is 2. The fraction of sp³-hybridized carbons (Fsp3) is 0.444. The number of allylic oxidation sites excluding steroid dienone is 3. The number of hydrogen-bond acceptors (Lipinski definition) is 6. The summed E-state index contributed by atoms with van der Waals surface area (Å²) in [5, 5.41) is 10.2. The van der Waals surface area contributed by atoms with E-state index in [2.05, 4.69) is 13.8 Å². The molecule has 242 valence electrons. The van der Waals surface area contributed by atoms with Crippen molar-refractivity contribution < 1.29 is 28.7 Å². The molecule has 2 aromatic heterocycles. The Kier molecular flexibility index (Phi) is 9.54. The molecule has 47 heavy (non-hydrogen) atoms. The van der Waals surface area contributed by atoms with E-state index in [1.165, 1.54) is 14.2 Å². The van der Waals surface area contributed by atoms with Gasteiger partial charge in [0.25, 0.3) is 0 Å². The van der Waals surface area contributed by atoms with Gasteiger partial charge >= 0.3 is 35.0 Å². The summed E-state index contributed by atoms with van der Waals surface area (Å²) in [6.45, 7) is 11.5. The summed E-state index contributed by atoms with van der Waals surface area (Å²) in [5.41, 5.74) is 7.23. The molecule has 5 atom stereocenters. The number of carbonyl (C=O) groups excluding carboxylic acids is 4. The van der Waals surface area contributed by atoms with E-state index in [9.17, 15) is 19.2 Å². The Hall–Kier alpha value is -3.83. The number of Topliss-reactive ketones (excluding diaryl/α,β-unsaturated/α-hetero) is 2. The molecule has 6 rings (SSSR count). The fourth-order valence-electron chi connectivity index (χ4n) is 7.61. The largest absolute Gasteiger partial charge is 2.00 e. The molecule has 1 unspecified atom stereocenters. The van der Waals surface area contributed by atoms with Crippen molar-refractivity contribution in [2.75, 3.05) is 14.2 Å². The topological polar surface area (TPSA) is 143 Å². The molecule has 8 bridgehead atoms. The fourth-order valence-corrected chi connectivity index (χ4v) is 7.61. The van der Waals surface area contributed by atoms with Crippen LogP contribution in [0.25, 0.3) is 34.4 Å². The molecule has 11 heteroatoms. The van der Waals surface area contributed by atoms with Gasteiger partial charge in [0.05, 0.1) is 14.2 Å². The van der Waals surface area contributed by atoms with Gasteiger partial charge in [-0.25, -0.2) is 4.79 Å². The Labute approximate surface area is 291 Å². The van der Waals surface area contributed by atoms with Gasteiger partial charge in [0, 0.05) is 17.5 Å². The van der Waals surface area contributed by atoms with Crippen molar-refractivity contribution >= 4 is 70.4 Å². The van der Waals surface area contributed by atoms with Crippen molar-refractivity contribution in [1.82, 2.24) is 9.97 Å². The number of nitrogens with zero attached hydrogens (tertiary/aromatic N) is 4. The normalized spacial score (nSPS) is 27.4. The molecule has 0 saturated carbocycles. The first-order chi connectivity index (χ1) is 21.9. The standard InChI is InChI=1S/C36H40N4O6.Mg/c1-9-20-15(2)22-14-27-29(19(6)41)17(4)24(38-27)12-23-16(3)21(10-11-28(42)45-7)33(39-23)31-32(36(44)46-8)35(43)30-18(5)25(40-34(30)31)13-26(20)37-22;/h12-16,20-21,33H,9-11H2,1-8H3,(H2-2,37,38,39,40,41,43,44);/q-2;+2/p-2/t15-,16+,20-,21+,33?;/m1./s1. The average Bonchev–Trinajstić information content (AvgIpc) is 3.76. The summed E-state index contributed by atoms with van der Waals surface area (Å²) in [5.74, 6) is -1.94. The number of carbonyl (C=O) groups is 4. The number of aromatic nitrogens is 2. The summed E-state index contributed by atoms with van der Waals surface area (Å²) in [6, 6.07) is -0.666. The predicted molar refractivity (Wildman–Crippen MR) is 179 cm³/mol. The molecule has 4 aliphatic rings. The molecule has 0 N–H and O–H groups in total. The minimum absolute atomic E-state index is 0. The monoisotopic (exact) mass is 646 g/mol. The summed E-state index contributed by atoms with van der Waals surface area (Å²) in [7, 11) is 2.60. The van der Waals surface area contributed by atoms with Gasteiger partial charge in [-0.2, -0.15) is 17.1 Å². The van der Waals surface area contributed by atoms with Gasteiger partial charge in [-0.1, -0.05) is 68.2 Å². The molecular weight excluding hydrogens is 609 g/mol. The molecule has 10 nitrogen and oxygen atoms in total. The van der Waals surface area contributed by atoms with E-state index in [0.717, 1.165) is 23.4 Å². The number of ether oxygens (including phenoxy) is 2. The Bertz CT molecular complexity index is 1820. The van der Waals surface area contributed by atoms with Crippen LogP contribution in [0.2, 0.25) is 0 Å². The van der Waals surface area contributed by atoms with Crippen LogP contribution in [0, 0.1) is 37.5 Å². The van der Waals surface area contributed by atoms with Crippen molar-refractivity contribution in [2.24, 2.45) is 23.7 Å². The quantitative estimate of drug-likeness (QED) is 0.163. The summed E-state index contributed by atoms with van der Waals surface area (Å²) in [4.78, 5) is 62.4. The zero-order valence-electron chi connectivity index (χ0n) is 28.2. The number of hydrogen-bond donors (Lipinski definition) is 0. The Morgan fingerprint density at radius 3 is 2.17 bits per heavy atom. The average molecular weight is 647 g/mol. The van der Waals surface area contributed by atoms with Crippen molar-refractivity contribution in [1.29, 1.82) is 0 Å². The van der Waals surface area contributed by atoms with Gasteiger partial charge in [-0.15, -0.1) is 22.8 Å². The van der Waals surface area contributed by atoms with Gasteiger partial charge < -0.3 is 30.1 Å². The number of methoxy groups -OCH3 is 2. The Morgan fingerprint density at radius 2 is 1.53 bits per heavy atom. The van der Waals surface area contributed by atoms with Gasteiger partial charge in [0.2, 0.25) is 0 Å². The Morgan fingerprint density at radius 1 is 0.872 bits per heavy atom. The van der Waals surface area contributed by atoms with E-state index in [1.807, 2.05) is 39.0 Å². The molecule has 2 saturated heterocycles. The summed E-state index contributed by atoms with van der Waals surface area (Å²) < 4.78 is 10.1. The molecular formula is C36H38MgN4O6-2.